The van der Waals surface area contributed by atoms with Crippen LogP contribution in [0.25, 0.3) is 0 Å². The third-order valence-corrected chi connectivity index (χ3v) is 4.45. The van der Waals surface area contributed by atoms with Crippen molar-refractivity contribution in [1.29, 1.82) is 0 Å². The fourth-order valence-corrected chi connectivity index (χ4v) is 3.13. The summed E-state index contributed by atoms with van der Waals surface area (Å²) in [5.41, 5.74) is 1.11. The maximum Gasteiger partial charge on any atom is 0.229 e. The summed E-state index contributed by atoms with van der Waals surface area (Å²) in [5.74, 6) is 1.20. The van der Waals surface area contributed by atoms with Gasteiger partial charge in [0.05, 0.1) is 12.0 Å². The van der Waals surface area contributed by atoms with Gasteiger partial charge in [0.1, 0.15) is 12.4 Å². The molecule has 0 radical (unpaired) electrons. The second-order valence-electron chi connectivity index (χ2n) is 5.89. The van der Waals surface area contributed by atoms with E-state index in [0.29, 0.717) is 13.2 Å². The van der Waals surface area contributed by atoms with Gasteiger partial charge in [0.25, 0.3) is 0 Å². The molecule has 1 N–H and O–H groups in total. The Morgan fingerprint density at radius 3 is 3.00 bits per heavy atom. The molecule has 0 aromatic heterocycles. The molecule has 1 aromatic carbocycles. The first-order chi connectivity index (χ1) is 9.65. The molecule has 2 heterocycles. The minimum atomic E-state index is -0.337. The van der Waals surface area contributed by atoms with Gasteiger partial charge in [-0.1, -0.05) is 18.2 Å². The fraction of sp³-hybridized carbons (Fsp3) is 0.562. The number of nitrogens with zero attached hydrogens (tertiary/aromatic N) is 1. The minimum Gasteiger partial charge on any atom is -0.492 e. The predicted molar refractivity (Wildman–Crippen MR) is 75.5 cm³/mol. The lowest BCUT2D eigenvalue weighted by Crippen LogP contribution is -2.40. The Labute approximate surface area is 119 Å². The number of benzene rings is 1. The van der Waals surface area contributed by atoms with Crippen molar-refractivity contribution in [3.63, 3.8) is 0 Å². The highest BCUT2D eigenvalue weighted by molar-refractivity contribution is 5.80. The molecule has 3 rings (SSSR count). The van der Waals surface area contributed by atoms with E-state index in [4.69, 9.17) is 4.74 Å². The Morgan fingerprint density at radius 1 is 1.45 bits per heavy atom. The van der Waals surface area contributed by atoms with Crippen LogP contribution in [0.5, 0.6) is 5.75 Å². The molecule has 3 atom stereocenters. The number of aliphatic hydroxyl groups is 1. The van der Waals surface area contributed by atoms with Gasteiger partial charge >= 0.3 is 0 Å². The monoisotopic (exact) mass is 275 g/mol. The molecule has 1 aromatic rings. The highest BCUT2D eigenvalue weighted by Crippen LogP contribution is 2.29. The highest BCUT2D eigenvalue weighted by atomic mass is 16.5. The number of likely N-dealkylation sites (tertiary alicyclic amines) is 1. The average molecular weight is 275 g/mol. The number of carbonyl (C=O) groups is 1. The molecule has 0 aliphatic carbocycles. The molecule has 3 unspecified atom stereocenters. The van der Waals surface area contributed by atoms with Gasteiger partial charge in [-0.2, -0.15) is 0 Å². The number of rotatable bonds is 2. The number of hydrogen-bond acceptors (Lipinski definition) is 3. The summed E-state index contributed by atoms with van der Waals surface area (Å²) in [6, 6.07) is 7.91. The normalized spacial score (nSPS) is 26.8. The Bertz CT molecular complexity index is 500. The molecule has 20 heavy (non-hydrogen) atoms. The number of ether oxygens (including phenoxy) is 1. The van der Waals surface area contributed by atoms with Gasteiger partial charge in [0, 0.05) is 19.0 Å². The quantitative estimate of drug-likeness (QED) is 0.889. The van der Waals surface area contributed by atoms with Crippen molar-refractivity contribution in [1.82, 2.24) is 4.90 Å². The molecule has 1 fully saturated rings. The van der Waals surface area contributed by atoms with E-state index in [1.54, 1.807) is 6.92 Å². The molecule has 1 saturated heterocycles. The minimum absolute atomic E-state index is 0.0855. The van der Waals surface area contributed by atoms with Gasteiger partial charge in [-0.05, 0) is 31.4 Å². The topological polar surface area (TPSA) is 49.8 Å². The number of carbonyl (C=O) groups excluding carboxylic acids is 1. The van der Waals surface area contributed by atoms with Gasteiger partial charge < -0.3 is 14.7 Å². The Hall–Kier alpha value is -1.55. The van der Waals surface area contributed by atoms with E-state index in [1.807, 2.05) is 29.2 Å². The van der Waals surface area contributed by atoms with Gasteiger partial charge in [0.15, 0.2) is 0 Å². The summed E-state index contributed by atoms with van der Waals surface area (Å²) >= 11 is 0. The van der Waals surface area contributed by atoms with Crippen LogP contribution in [-0.4, -0.2) is 41.7 Å². The molecular weight excluding hydrogens is 254 g/mol. The summed E-state index contributed by atoms with van der Waals surface area (Å²) in [6.45, 7) is 3.70. The number of fused-ring (bicyclic) bond motifs is 1. The van der Waals surface area contributed by atoms with Crippen LogP contribution in [0.3, 0.4) is 0 Å². The highest BCUT2D eigenvalue weighted by Gasteiger charge is 2.34. The van der Waals surface area contributed by atoms with E-state index < -0.39 is 0 Å². The molecular formula is C16H21NO3. The lowest BCUT2D eigenvalue weighted by atomic mass is 9.95. The van der Waals surface area contributed by atoms with Crippen molar-refractivity contribution in [2.75, 3.05) is 19.7 Å². The van der Waals surface area contributed by atoms with Gasteiger partial charge in [-0.15, -0.1) is 0 Å². The molecule has 4 nitrogen and oxygen atoms in total. The first-order valence-electron chi connectivity index (χ1n) is 7.32. The third-order valence-electron chi connectivity index (χ3n) is 4.45. The fourth-order valence-electron chi connectivity index (χ4n) is 3.13. The summed E-state index contributed by atoms with van der Waals surface area (Å²) in [4.78, 5) is 14.4. The molecule has 0 spiro atoms. The van der Waals surface area contributed by atoms with Crippen molar-refractivity contribution in [2.45, 2.75) is 25.9 Å². The number of para-hydroxylation sites is 1. The van der Waals surface area contributed by atoms with Crippen molar-refractivity contribution in [2.24, 2.45) is 11.8 Å². The first kappa shape index (κ1) is 13.4. The van der Waals surface area contributed by atoms with E-state index in [2.05, 4.69) is 0 Å². The second-order valence-corrected chi connectivity index (χ2v) is 5.89. The van der Waals surface area contributed by atoms with Gasteiger partial charge in [-0.3, -0.25) is 4.79 Å². The molecule has 0 bridgehead atoms. The molecule has 2 aliphatic rings. The lowest BCUT2D eigenvalue weighted by molar-refractivity contribution is -0.136. The van der Waals surface area contributed by atoms with Crippen LogP contribution in [0.15, 0.2) is 24.3 Å². The number of amides is 1. The average Bonchev–Trinajstić information content (AvgIpc) is 2.96. The molecule has 4 heteroatoms. The van der Waals surface area contributed by atoms with Crippen LogP contribution in [0, 0.1) is 11.8 Å². The van der Waals surface area contributed by atoms with E-state index in [0.717, 1.165) is 30.7 Å². The largest absolute Gasteiger partial charge is 0.492 e. The zero-order chi connectivity index (χ0) is 14.1. The summed E-state index contributed by atoms with van der Waals surface area (Å²) < 4.78 is 5.69. The van der Waals surface area contributed by atoms with Crippen molar-refractivity contribution in [3.8, 4) is 5.75 Å². The summed E-state index contributed by atoms with van der Waals surface area (Å²) in [5, 5.41) is 9.63. The van der Waals surface area contributed by atoms with Gasteiger partial charge in [0.2, 0.25) is 5.91 Å². The van der Waals surface area contributed by atoms with Crippen LogP contribution in [0.2, 0.25) is 0 Å². The smallest absolute Gasteiger partial charge is 0.229 e. The standard InChI is InChI=1S/C16H21NO3/c1-11(18)13-6-7-17(9-13)16(19)14-8-12-4-2-3-5-15(12)20-10-14/h2-5,11,13-14,18H,6-10H2,1H3. The van der Waals surface area contributed by atoms with Crippen LogP contribution in [0.4, 0.5) is 0 Å². The third kappa shape index (κ3) is 2.52. The van der Waals surface area contributed by atoms with Crippen LogP contribution < -0.4 is 4.74 Å². The lowest BCUT2D eigenvalue weighted by Gasteiger charge is -2.28. The second kappa shape index (κ2) is 5.44. The number of hydrogen-bond donors (Lipinski definition) is 1. The van der Waals surface area contributed by atoms with Crippen molar-refractivity contribution in [3.05, 3.63) is 29.8 Å². The van der Waals surface area contributed by atoms with E-state index in [9.17, 15) is 9.90 Å². The Balaban J connectivity index is 1.65. The summed E-state index contributed by atoms with van der Waals surface area (Å²) in [7, 11) is 0. The zero-order valence-corrected chi connectivity index (χ0v) is 11.8. The van der Waals surface area contributed by atoms with Crippen LogP contribution in [0.1, 0.15) is 18.9 Å². The molecule has 2 aliphatic heterocycles. The Morgan fingerprint density at radius 2 is 2.25 bits per heavy atom. The maximum absolute atomic E-state index is 12.5. The maximum atomic E-state index is 12.5. The summed E-state index contributed by atoms with van der Waals surface area (Å²) in [6.07, 6.45) is 1.31. The number of aliphatic hydroxyl groups excluding tert-OH is 1. The zero-order valence-electron chi connectivity index (χ0n) is 11.8. The first-order valence-corrected chi connectivity index (χ1v) is 7.32. The Kier molecular flexibility index (Phi) is 3.66. The molecule has 0 saturated carbocycles. The van der Waals surface area contributed by atoms with Crippen molar-refractivity contribution < 1.29 is 14.6 Å². The van der Waals surface area contributed by atoms with E-state index in [-0.39, 0.29) is 23.8 Å². The van der Waals surface area contributed by atoms with Crippen molar-refractivity contribution >= 4 is 5.91 Å². The van der Waals surface area contributed by atoms with Crippen LogP contribution in [-0.2, 0) is 11.2 Å². The van der Waals surface area contributed by atoms with Crippen LogP contribution >= 0.6 is 0 Å². The molecule has 1 amide bonds. The van der Waals surface area contributed by atoms with E-state index >= 15 is 0 Å². The van der Waals surface area contributed by atoms with E-state index in [1.165, 1.54) is 0 Å². The molecule has 108 valence electrons. The SMILES string of the molecule is CC(O)C1CCN(C(=O)C2COc3ccccc3C2)C1. The predicted octanol–water partition coefficient (Wildman–Crippen LogP) is 1.47. The van der Waals surface area contributed by atoms with Gasteiger partial charge in [-0.25, -0.2) is 0 Å².